The maximum atomic E-state index is 11.4. The van der Waals surface area contributed by atoms with Gasteiger partial charge in [0.15, 0.2) is 9.84 Å². The number of fused-ring (bicyclic) bond motifs is 1. The summed E-state index contributed by atoms with van der Waals surface area (Å²) in [5, 5.41) is 9.76. The number of sulfone groups is 1. The van der Waals surface area contributed by atoms with Gasteiger partial charge in [-0.25, -0.2) is 13.2 Å². The van der Waals surface area contributed by atoms with Gasteiger partial charge in [0.2, 0.25) is 0 Å². The number of benzene rings is 2. The SMILES string of the molecule is CS(=O)(=O)c1ccc(Oc2cc(C(=O)O)cc3occc23)cc1. The zero-order valence-electron chi connectivity index (χ0n) is 12.0. The number of rotatable bonds is 4. The van der Waals surface area contributed by atoms with Gasteiger partial charge in [-0.15, -0.1) is 0 Å². The fraction of sp³-hybridized carbons (Fsp3) is 0.0625. The Bertz CT molecular complexity index is 983. The number of ether oxygens (including phenoxy) is 1. The van der Waals surface area contributed by atoms with Gasteiger partial charge in [0.05, 0.1) is 22.1 Å². The third-order valence-corrected chi connectivity index (χ3v) is 4.39. The van der Waals surface area contributed by atoms with E-state index in [2.05, 4.69) is 0 Å². The Kier molecular flexibility index (Phi) is 3.57. The van der Waals surface area contributed by atoms with Gasteiger partial charge in [0.1, 0.15) is 17.1 Å². The van der Waals surface area contributed by atoms with E-state index in [0.717, 1.165) is 6.26 Å². The van der Waals surface area contributed by atoms with Crippen molar-refractivity contribution in [2.24, 2.45) is 0 Å². The van der Waals surface area contributed by atoms with Crippen LogP contribution in [0.25, 0.3) is 11.0 Å². The lowest BCUT2D eigenvalue weighted by Gasteiger charge is -2.08. The molecular weight excluding hydrogens is 320 g/mol. The van der Waals surface area contributed by atoms with Gasteiger partial charge in [-0.05, 0) is 42.5 Å². The minimum Gasteiger partial charge on any atom is -0.478 e. The van der Waals surface area contributed by atoms with Gasteiger partial charge >= 0.3 is 5.97 Å². The van der Waals surface area contributed by atoms with E-state index < -0.39 is 15.8 Å². The Labute approximate surface area is 131 Å². The molecule has 1 N–H and O–H groups in total. The molecule has 0 saturated carbocycles. The molecule has 0 amide bonds. The topological polar surface area (TPSA) is 93.8 Å². The molecule has 0 radical (unpaired) electrons. The number of furan rings is 1. The molecule has 0 aliphatic carbocycles. The summed E-state index contributed by atoms with van der Waals surface area (Å²) in [7, 11) is -3.28. The van der Waals surface area contributed by atoms with E-state index in [-0.39, 0.29) is 10.5 Å². The summed E-state index contributed by atoms with van der Waals surface area (Å²) in [6.45, 7) is 0. The number of aromatic carboxylic acids is 1. The molecular formula is C16H12O6S. The highest BCUT2D eigenvalue weighted by atomic mass is 32.2. The lowest BCUT2D eigenvalue weighted by atomic mass is 10.1. The van der Waals surface area contributed by atoms with Crippen LogP contribution >= 0.6 is 0 Å². The quantitative estimate of drug-likeness (QED) is 0.787. The molecule has 3 aromatic rings. The molecule has 0 aliphatic rings. The van der Waals surface area contributed by atoms with Gasteiger partial charge in [0, 0.05) is 6.26 Å². The molecule has 118 valence electrons. The fourth-order valence-electron chi connectivity index (χ4n) is 2.13. The molecule has 6 nitrogen and oxygen atoms in total. The van der Waals surface area contributed by atoms with Gasteiger partial charge < -0.3 is 14.3 Å². The lowest BCUT2D eigenvalue weighted by molar-refractivity contribution is 0.0696. The van der Waals surface area contributed by atoms with E-state index in [1.807, 2.05) is 0 Å². The Hall–Kier alpha value is -2.80. The van der Waals surface area contributed by atoms with Crippen LogP contribution in [0.3, 0.4) is 0 Å². The average molecular weight is 332 g/mol. The predicted molar refractivity (Wildman–Crippen MR) is 82.8 cm³/mol. The number of hydrogen-bond donors (Lipinski definition) is 1. The highest BCUT2D eigenvalue weighted by molar-refractivity contribution is 7.90. The second-order valence-corrected chi connectivity index (χ2v) is 6.97. The van der Waals surface area contributed by atoms with E-state index in [9.17, 15) is 13.2 Å². The Morgan fingerprint density at radius 1 is 1.13 bits per heavy atom. The molecule has 0 fully saturated rings. The van der Waals surface area contributed by atoms with Crippen molar-refractivity contribution in [2.45, 2.75) is 4.90 Å². The van der Waals surface area contributed by atoms with E-state index in [1.165, 1.54) is 42.7 Å². The minimum absolute atomic E-state index is 0.0372. The second kappa shape index (κ2) is 5.44. The maximum absolute atomic E-state index is 11.4. The first-order valence-electron chi connectivity index (χ1n) is 6.57. The largest absolute Gasteiger partial charge is 0.478 e. The standard InChI is InChI=1S/C16H12O6S/c1-23(19,20)12-4-2-11(3-5-12)22-15-9-10(16(17)18)8-14-13(15)6-7-21-14/h2-9H,1H3,(H,17,18). The van der Waals surface area contributed by atoms with Gasteiger partial charge in [0.25, 0.3) is 0 Å². The number of carboxylic acids is 1. The third kappa shape index (κ3) is 3.04. The zero-order valence-corrected chi connectivity index (χ0v) is 12.8. The van der Waals surface area contributed by atoms with Crippen LogP contribution in [0.5, 0.6) is 11.5 Å². The van der Waals surface area contributed by atoms with Crippen molar-refractivity contribution in [3.05, 3.63) is 54.3 Å². The number of carboxylic acid groups (broad SMARTS) is 1. The van der Waals surface area contributed by atoms with Crippen molar-refractivity contribution in [2.75, 3.05) is 6.26 Å². The average Bonchev–Trinajstić information content (AvgIpc) is 2.95. The summed E-state index contributed by atoms with van der Waals surface area (Å²) >= 11 is 0. The minimum atomic E-state index is -3.28. The van der Waals surface area contributed by atoms with Crippen LogP contribution in [-0.2, 0) is 9.84 Å². The van der Waals surface area contributed by atoms with Crippen molar-refractivity contribution in [3.8, 4) is 11.5 Å². The molecule has 0 spiro atoms. The van der Waals surface area contributed by atoms with Crippen LogP contribution in [0.1, 0.15) is 10.4 Å². The fourth-order valence-corrected chi connectivity index (χ4v) is 2.76. The Balaban J connectivity index is 2.01. The van der Waals surface area contributed by atoms with E-state index in [4.69, 9.17) is 14.3 Å². The smallest absolute Gasteiger partial charge is 0.335 e. The molecule has 0 unspecified atom stereocenters. The molecule has 0 atom stereocenters. The Morgan fingerprint density at radius 3 is 2.43 bits per heavy atom. The van der Waals surface area contributed by atoms with Crippen LogP contribution in [0, 0.1) is 0 Å². The summed E-state index contributed by atoms with van der Waals surface area (Å²) in [4.78, 5) is 11.3. The zero-order chi connectivity index (χ0) is 16.6. The summed E-state index contributed by atoms with van der Waals surface area (Å²) in [5.41, 5.74) is 0.433. The van der Waals surface area contributed by atoms with Crippen molar-refractivity contribution >= 4 is 26.8 Å². The van der Waals surface area contributed by atoms with E-state index in [0.29, 0.717) is 22.5 Å². The molecule has 0 bridgehead atoms. The molecule has 7 heteroatoms. The van der Waals surface area contributed by atoms with Crippen LogP contribution in [0.15, 0.2) is 58.0 Å². The molecule has 0 saturated heterocycles. The summed E-state index contributed by atoms with van der Waals surface area (Å²) in [6.07, 6.45) is 2.56. The molecule has 0 aliphatic heterocycles. The molecule has 1 aromatic heterocycles. The first-order valence-corrected chi connectivity index (χ1v) is 8.46. The van der Waals surface area contributed by atoms with Gasteiger partial charge in [-0.3, -0.25) is 0 Å². The monoisotopic (exact) mass is 332 g/mol. The summed E-state index contributed by atoms with van der Waals surface area (Å²) in [6, 6.07) is 10.4. The normalized spacial score (nSPS) is 11.5. The van der Waals surface area contributed by atoms with Crippen molar-refractivity contribution in [1.82, 2.24) is 0 Å². The van der Waals surface area contributed by atoms with Crippen molar-refractivity contribution in [1.29, 1.82) is 0 Å². The van der Waals surface area contributed by atoms with Crippen molar-refractivity contribution < 1.29 is 27.5 Å². The van der Waals surface area contributed by atoms with Gasteiger partial charge in [-0.1, -0.05) is 0 Å². The van der Waals surface area contributed by atoms with Crippen LogP contribution in [0.4, 0.5) is 0 Å². The molecule has 2 aromatic carbocycles. The van der Waals surface area contributed by atoms with E-state index in [1.54, 1.807) is 6.07 Å². The molecule has 1 heterocycles. The first-order chi connectivity index (χ1) is 10.8. The van der Waals surface area contributed by atoms with Crippen LogP contribution in [0.2, 0.25) is 0 Å². The highest BCUT2D eigenvalue weighted by Gasteiger charge is 2.13. The molecule has 3 rings (SSSR count). The number of carbonyl (C=O) groups is 1. The lowest BCUT2D eigenvalue weighted by Crippen LogP contribution is -1.98. The number of hydrogen-bond acceptors (Lipinski definition) is 5. The second-order valence-electron chi connectivity index (χ2n) is 4.96. The molecule has 23 heavy (non-hydrogen) atoms. The Morgan fingerprint density at radius 2 is 1.83 bits per heavy atom. The van der Waals surface area contributed by atoms with Crippen LogP contribution < -0.4 is 4.74 Å². The summed E-state index contributed by atoms with van der Waals surface area (Å²) in [5.74, 6) is -0.385. The predicted octanol–water partition coefficient (Wildman–Crippen LogP) is 3.33. The van der Waals surface area contributed by atoms with Gasteiger partial charge in [-0.2, -0.15) is 0 Å². The summed E-state index contributed by atoms with van der Waals surface area (Å²) < 4.78 is 33.8. The third-order valence-electron chi connectivity index (χ3n) is 3.26. The van der Waals surface area contributed by atoms with Crippen LogP contribution in [-0.4, -0.2) is 25.7 Å². The maximum Gasteiger partial charge on any atom is 0.335 e. The van der Waals surface area contributed by atoms with E-state index >= 15 is 0 Å². The van der Waals surface area contributed by atoms with Crippen molar-refractivity contribution in [3.63, 3.8) is 0 Å². The first kappa shape index (κ1) is 15.1. The highest BCUT2D eigenvalue weighted by Crippen LogP contribution is 2.32.